The third-order valence-electron chi connectivity index (χ3n) is 1.73. The molecule has 0 saturated heterocycles. The number of hydrogen-bond donors (Lipinski definition) is 0. The van der Waals surface area contributed by atoms with Crippen molar-refractivity contribution in [3.05, 3.63) is 28.0 Å². The first-order valence-corrected chi connectivity index (χ1v) is 5.30. The highest BCUT2D eigenvalue weighted by Crippen LogP contribution is 2.19. The molecule has 0 unspecified atom stereocenters. The molecule has 0 radical (unpaired) electrons. The van der Waals surface area contributed by atoms with Crippen molar-refractivity contribution >= 4 is 35.0 Å². The summed E-state index contributed by atoms with van der Waals surface area (Å²) in [6.45, 7) is 1.90. The van der Waals surface area contributed by atoms with Crippen LogP contribution in [0.15, 0.2) is 12.3 Å². The lowest BCUT2D eigenvalue weighted by atomic mass is 10.1. The molecule has 6 heteroatoms. The van der Waals surface area contributed by atoms with Crippen molar-refractivity contribution in [1.29, 1.82) is 0 Å². The summed E-state index contributed by atoms with van der Waals surface area (Å²) in [5.74, 6) is -1.02. The van der Waals surface area contributed by atoms with Crippen LogP contribution in [-0.4, -0.2) is 23.3 Å². The maximum Gasteiger partial charge on any atom is 0.313 e. The first-order valence-electron chi connectivity index (χ1n) is 4.54. The van der Waals surface area contributed by atoms with E-state index in [0.29, 0.717) is 0 Å². The third-order valence-corrected chi connectivity index (χ3v) is 2.24. The largest absolute Gasteiger partial charge is 0.466 e. The smallest absolute Gasteiger partial charge is 0.313 e. The van der Waals surface area contributed by atoms with Gasteiger partial charge in [0, 0.05) is 11.8 Å². The van der Waals surface area contributed by atoms with Crippen LogP contribution in [0.3, 0.4) is 0 Å². The van der Waals surface area contributed by atoms with Gasteiger partial charge >= 0.3 is 5.97 Å². The lowest BCUT2D eigenvalue weighted by Gasteiger charge is -2.03. The number of aromatic nitrogens is 1. The normalized spacial score (nSPS) is 9.94. The predicted molar refractivity (Wildman–Crippen MR) is 59.8 cm³/mol. The van der Waals surface area contributed by atoms with Crippen molar-refractivity contribution < 1.29 is 14.3 Å². The summed E-state index contributed by atoms with van der Waals surface area (Å²) in [4.78, 5) is 26.4. The number of pyridine rings is 1. The molecule has 86 valence electrons. The Morgan fingerprint density at radius 3 is 2.75 bits per heavy atom. The van der Waals surface area contributed by atoms with Crippen molar-refractivity contribution in [3.63, 3.8) is 0 Å². The highest BCUT2D eigenvalue weighted by Gasteiger charge is 2.16. The fourth-order valence-electron chi connectivity index (χ4n) is 1.07. The third kappa shape index (κ3) is 3.47. The molecule has 0 aliphatic heterocycles. The van der Waals surface area contributed by atoms with E-state index in [2.05, 4.69) is 9.72 Å². The topological polar surface area (TPSA) is 56.3 Å². The standard InChI is InChI=1S/C10H9Cl2NO3/c1-2-16-10(15)4-8(14)6-3-9(12)13-5-7(6)11/h3,5H,2,4H2,1H3. The molecular formula is C10H9Cl2NO3. The summed E-state index contributed by atoms with van der Waals surface area (Å²) in [6, 6.07) is 1.32. The molecular weight excluding hydrogens is 253 g/mol. The minimum Gasteiger partial charge on any atom is -0.466 e. The minimum absolute atomic E-state index is 0.150. The molecule has 1 aromatic heterocycles. The van der Waals surface area contributed by atoms with Gasteiger partial charge in [0.1, 0.15) is 11.6 Å². The summed E-state index contributed by atoms with van der Waals surface area (Å²) in [7, 11) is 0. The average molecular weight is 262 g/mol. The van der Waals surface area contributed by atoms with Crippen LogP contribution in [0.2, 0.25) is 10.2 Å². The summed E-state index contributed by atoms with van der Waals surface area (Å²) in [6.07, 6.45) is 0.913. The van der Waals surface area contributed by atoms with Gasteiger partial charge in [-0.15, -0.1) is 0 Å². The Morgan fingerprint density at radius 1 is 1.44 bits per heavy atom. The highest BCUT2D eigenvalue weighted by molar-refractivity contribution is 6.35. The number of halogens is 2. The number of hydrogen-bond acceptors (Lipinski definition) is 4. The van der Waals surface area contributed by atoms with Crippen LogP contribution in [0.1, 0.15) is 23.7 Å². The van der Waals surface area contributed by atoms with E-state index in [9.17, 15) is 9.59 Å². The molecule has 0 bridgehead atoms. The lowest BCUT2D eigenvalue weighted by molar-refractivity contribution is -0.141. The van der Waals surface area contributed by atoms with Gasteiger partial charge in [0.25, 0.3) is 0 Å². The van der Waals surface area contributed by atoms with E-state index in [-0.39, 0.29) is 28.8 Å². The summed E-state index contributed by atoms with van der Waals surface area (Å²) >= 11 is 11.4. The van der Waals surface area contributed by atoms with Crippen LogP contribution in [0, 0.1) is 0 Å². The number of ether oxygens (including phenoxy) is 1. The zero-order valence-electron chi connectivity index (χ0n) is 8.50. The summed E-state index contributed by atoms with van der Waals surface area (Å²) in [5, 5.41) is 0.315. The molecule has 0 amide bonds. The van der Waals surface area contributed by atoms with Gasteiger partial charge in [0.15, 0.2) is 5.78 Å². The van der Waals surface area contributed by atoms with Gasteiger partial charge in [0.05, 0.1) is 11.6 Å². The molecule has 0 fully saturated rings. The maximum atomic E-state index is 11.6. The zero-order chi connectivity index (χ0) is 12.1. The monoisotopic (exact) mass is 261 g/mol. The predicted octanol–water partition coefficient (Wildman–Crippen LogP) is 2.52. The molecule has 0 atom stereocenters. The Morgan fingerprint density at radius 2 is 2.12 bits per heavy atom. The van der Waals surface area contributed by atoms with Gasteiger partial charge < -0.3 is 4.74 Å². The van der Waals surface area contributed by atoms with E-state index >= 15 is 0 Å². The number of carbonyl (C=O) groups excluding carboxylic acids is 2. The average Bonchev–Trinajstić information content (AvgIpc) is 2.21. The molecule has 1 heterocycles. The lowest BCUT2D eigenvalue weighted by Crippen LogP contribution is -2.11. The van der Waals surface area contributed by atoms with Crippen LogP contribution >= 0.6 is 23.2 Å². The number of esters is 1. The Bertz CT molecular complexity index is 421. The number of ketones is 1. The number of rotatable bonds is 4. The fraction of sp³-hybridized carbons (Fsp3) is 0.300. The SMILES string of the molecule is CCOC(=O)CC(=O)c1cc(Cl)ncc1Cl. The Labute approximate surface area is 103 Å². The van der Waals surface area contributed by atoms with Gasteiger partial charge in [-0.05, 0) is 13.0 Å². The molecule has 1 rings (SSSR count). The van der Waals surface area contributed by atoms with E-state index in [1.165, 1.54) is 12.3 Å². The Balaban J connectivity index is 2.80. The van der Waals surface area contributed by atoms with Crippen molar-refractivity contribution in [3.8, 4) is 0 Å². The minimum atomic E-state index is -0.587. The quantitative estimate of drug-likeness (QED) is 0.362. The zero-order valence-corrected chi connectivity index (χ0v) is 10.0. The Hall–Kier alpha value is -1.13. The van der Waals surface area contributed by atoms with E-state index < -0.39 is 11.8 Å². The molecule has 0 aliphatic carbocycles. The molecule has 0 aliphatic rings. The molecule has 16 heavy (non-hydrogen) atoms. The van der Waals surface area contributed by atoms with Crippen LogP contribution in [0.25, 0.3) is 0 Å². The van der Waals surface area contributed by atoms with Crippen molar-refractivity contribution in [2.45, 2.75) is 13.3 Å². The van der Waals surface area contributed by atoms with Gasteiger partial charge in [0.2, 0.25) is 0 Å². The number of Topliss-reactive ketones (excluding diaryl/α,β-unsaturated/α-hetero) is 1. The Kier molecular flexibility index (Phi) is 4.71. The second-order valence-electron chi connectivity index (χ2n) is 2.89. The molecule has 0 spiro atoms. The highest BCUT2D eigenvalue weighted by atomic mass is 35.5. The second kappa shape index (κ2) is 5.82. The maximum absolute atomic E-state index is 11.6. The van der Waals surface area contributed by atoms with E-state index in [0.717, 1.165) is 0 Å². The molecule has 0 aromatic carbocycles. The van der Waals surface area contributed by atoms with Gasteiger partial charge in [-0.1, -0.05) is 23.2 Å². The van der Waals surface area contributed by atoms with Crippen LogP contribution in [-0.2, 0) is 9.53 Å². The van der Waals surface area contributed by atoms with Gasteiger partial charge in [-0.3, -0.25) is 9.59 Å². The fourth-order valence-corrected chi connectivity index (χ4v) is 1.43. The van der Waals surface area contributed by atoms with Crippen LogP contribution in [0.5, 0.6) is 0 Å². The number of nitrogens with zero attached hydrogens (tertiary/aromatic N) is 1. The summed E-state index contributed by atoms with van der Waals surface area (Å²) in [5.41, 5.74) is 0.176. The van der Waals surface area contributed by atoms with Gasteiger partial charge in [-0.2, -0.15) is 0 Å². The van der Waals surface area contributed by atoms with Crippen molar-refractivity contribution in [2.75, 3.05) is 6.61 Å². The van der Waals surface area contributed by atoms with E-state index in [1.807, 2.05) is 0 Å². The molecule has 4 nitrogen and oxygen atoms in total. The number of carbonyl (C=O) groups is 2. The first-order chi connectivity index (χ1) is 7.54. The molecule has 0 saturated carbocycles. The van der Waals surface area contributed by atoms with Crippen molar-refractivity contribution in [1.82, 2.24) is 4.98 Å². The van der Waals surface area contributed by atoms with Gasteiger partial charge in [-0.25, -0.2) is 4.98 Å². The van der Waals surface area contributed by atoms with E-state index in [1.54, 1.807) is 6.92 Å². The van der Waals surface area contributed by atoms with Crippen molar-refractivity contribution in [2.24, 2.45) is 0 Å². The summed E-state index contributed by atoms with van der Waals surface area (Å²) < 4.78 is 4.65. The molecule has 0 N–H and O–H groups in total. The van der Waals surface area contributed by atoms with E-state index in [4.69, 9.17) is 23.2 Å². The van der Waals surface area contributed by atoms with Crippen LogP contribution < -0.4 is 0 Å². The first kappa shape index (κ1) is 12.9. The second-order valence-corrected chi connectivity index (χ2v) is 3.69. The molecule has 1 aromatic rings. The van der Waals surface area contributed by atoms with Crippen LogP contribution in [0.4, 0.5) is 0 Å².